The molecule has 0 spiro atoms. The van der Waals surface area contributed by atoms with Crippen molar-refractivity contribution in [3.8, 4) is 11.1 Å². The summed E-state index contributed by atoms with van der Waals surface area (Å²) in [5, 5.41) is 11.2. The van der Waals surface area contributed by atoms with Crippen LogP contribution in [0.4, 0.5) is 0 Å². The van der Waals surface area contributed by atoms with E-state index in [1.807, 2.05) is 6.07 Å². The molecule has 0 amide bonds. The molecule has 0 aliphatic carbocycles. The van der Waals surface area contributed by atoms with Crippen LogP contribution in [0.1, 0.15) is 18.4 Å². The van der Waals surface area contributed by atoms with Gasteiger partial charge < -0.3 is 10.0 Å². The quantitative estimate of drug-likeness (QED) is 0.862. The van der Waals surface area contributed by atoms with Gasteiger partial charge in [0.05, 0.1) is 13.1 Å². The summed E-state index contributed by atoms with van der Waals surface area (Å²) in [6, 6.07) is 19.0. The van der Waals surface area contributed by atoms with E-state index in [1.165, 1.54) is 24.2 Å². The van der Waals surface area contributed by atoms with Crippen molar-refractivity contribution < 1.29 is 10.0 Å². The van der Waals surface area contributed by atoms with Crippen molar-refractivity contribution in [2.45, 2.75) is 18.4 Å². The molecule has 3 saturated heterocycles. The second kappa shape index (κ2) is 4.97. The lowest BCUT2D eigenvalue weighted by Gasteiger charge is -2.47. The molecular formula is C19H22NO+. The molecular weight excluding hydrogens is 258 g/mol. The number of rotatable bonds is 2. The van der Waals surface area contributed by atoms with Crippen molar-refractivity contribution in [2.24, 2.45) is 5.92 Å². The van der Waals surface area contributed by atoms with E-state index < -0.39 is 5.60 Å². The van der Waals surface area contributed by atoms with Crippen molar-refractivity contribution in [1.82, 2.24) is 0 Å². The second-order valence-electron chi connectivity index (χ2n) is 6.57. The Morgan fingerprint density at radius 3 is 2.05 bits per heavy atom. The zero-order valence-corrected chi connectivity index (χ0v) is 12.3. The zero-order valence-electron chi connectivity index (χ0n) is 12.3. The van der Waals surface area contributed by atoms with Crippen molar-refractivity contribution >= 4 is 0 Å². The van der Waals surface area contributed by atoms with Crippen LogP contribution in [-0.4, -0.2) is 24.7 Å². The monoisotopic (exact) mass is 280 g/mol. The Morgan fingerprint density at radius 1 is 0.857 bits per heavy atom. The highest BCUT2D eigenvalue weighted by molar-refractivity contribution is 5.63. The molecule has 2 aromatic carbocycles. The first-order valence-electron chi connectivity index (χ1n) is 7.98. The van der Waals surface area contributed by atoms with Crippen LogP contribution in [0.3, 0.4) is 0 Å². The maximum atomic E-state index is 11.2. The number of quaternary nitrogens is 1. The van der Waals surface area contributed by atoms with E-state index in [0.717, 1.165) is 24.9 Å². The van der Waals surface area contributed by atoms with Gasteiger partial charge in [0.15, 0.2) is 0 Å². The molecule has 3 aliphatic rings. The van der Waals surface area contributed by atoms with Crippen LogP contribution in [0.25, 0.3) is 11.1 Å². The van der Waals surface area contributed by atoms with Gasteiger partial charge in [-0.2, -0.15) is 0 Å². The van der Waals surface area contributed by atoms with Crippen LogP contribution in [-0.2, 0) is 5.60 Å². The van der Waals surface area contributed by atoms with Crippen LogP contribution in [0.2, 0.25) is 0 Å². The lowest BCUT2D eigenvalue weighted by molar-refractivity contribution is -0.927. The van der Waals surface area contributed by atoms with Gasteiger partial charge in [0.25, 0.3) is 0 Å². The topological polar surface area (TPSA) is 24.7 Å². The van der Waals surface area contributed by atoms with Crippen LogP contribution in [0.15, 0.2) is 54.6 Å². The van der Waals surface area contributed by atoms with Gasteiger partial charge >= 0.3 is 0 Å². The number of piperidine rings is 3. The van der Waals surface area contributed by atoms with Gasteiger partial charge in [-0.3, -0.25) is 0 Å². The fourth-order valence-electron chi connectivity index (χ4n) is 4.13. The highest BCUT2D eigenvalue weighted by Gasteiger charge is 2.49. The molecule has 2 aromatic rings. The lowest BCUT2D eigenvalue weighted by atomic mass is 9.71. The molecule has 0 aromatic heterocycles. The molecule has 1 atom stereocenters. The first kappa shape index (κ1) is 13.1. The Labute approximate surface area is 126 Å². The molecule has 0 radical (unpaired) electrons. The highest BCUT2D eigenvalue weighted by atomic mass is 16.3. The molecule has 0 unspecified atom stereocenters. The number of fused-ring (bicyclic) bond motifs is 3. The van der Waals surface area contributed by atoms with Crippen LogP contribution < -0.4 is 4.90 Å². The van der Waals surface area contributed by atoms with E-state index in [4.69, 9.17) is 0 Å². The van der Waals surface area contributed by atoms with Crippen LogP contribution in [0.5, 0.6) is 0 Å². The van der Waals surface area contributed by atoms with Crippen LogP contribution in [0, 0.1) is 5.92 Å². The highest BCUT2D eigenvalue weighted by Crippen LogP contribution is 2.37. The van der Waals surface area contributed by atoms with E-state index >= 15 is 0 Å². The predicted octanol–water partition coefficient (Wildman–Crippen LogP) is 1.85. The smallest absolute Gasteiger partial charge is 0.141 e. The molecule has 3 aliphatic heterocycles. The standard InChI is InChI=1S/C19H21NO/c21-19(14-20-12-10-18(19)11-13-20)17-8-6-16(7-9-17)15-4-2-1-3-5-15/h1-9,18,21H,10-14H2/p+1/t19-/m0/s1. The summed E-state index contributed by atoms with van der Waals surface area (Å²) >= 11 is 0. The third-order valence-corrected chi connectivity index (χ3v) is 5.38. The summed E-state index contributed by atoms with van der Waals surface area (Å²) in [6.07, 6.45) is 2.32. The number of nitrogens with one attached hydrogen (secondary N) is 1. The molecule has 2 heteroatoms. The summed E-state index contributed by atoms with van der Waals surface area (Å²) in [5.74, 6) is 0.442. The van der Waals surface area contributed by atoms with Gasteiger partial charge in [0, 0.05) is 18.8 Å². The zero-order chi connectivity index (χ0) is 14.3. The van der Waals surface area contributed by atoms with Gasteiger partial charge in [-0.25, -0.2) is 0 Å². The molecule has 21 heavy (non-hydrogen) atoms. The van der Waals surface area contributed by atoms with Crippen LogP contribution >= 0.6 is 0 Å². The summed E-state index contributed by atoms with van der Waals surface area (Å²) in [6.45, 7) is 3.34. The number of aliphatic hydroxyl groups is 1. The minimum atomic E-state index is -0.610. The maximum Gasteiger partial charge on any atom is 0.141 e. The molecule has 2 nitrogen and oxygen atoms in total. The van der Waals surface area contributed by atoms with E-state index in [1.54, 1.807) is 4.90 Å². The molecule has 3 heterocycles. The van der Waals surface area contributed by atoms with Crippen molar-refractivity contribution in [3.05, 3.63) is 60.2 Å². The number of hydrogen-bond donors (Lipinski definition) is 2. The lowest BCUT2D eigenvalue weighted by Crippen LogP contribution is -3.17. The van der Waals surface area contributed by atoms with Crippen molar-refractivity contribution in [2.75, 3.05) is 19.6 Å². The third kappa shape index (κ3) is 2.19. The van der Waals surface area contributed by atoms with Gasteiger partial charge in [-0.05, 0) is 16.7 Å². The Kier molecular flexibility index (Phi) is 3.09. The van der Waals surface area contributed by atoms with E-state index in [2.05, 4.69) is 48.5 Å². The largest absolute Gasteiger partial charge is 0.379 e. The Bertz CT molecular complexity index is 614. The average molecular weight is 280 g/mol. The molecule has 5 rings (SSSR count). The second-order valence-corrected chi connectivity index (χ2v) is 6.57. The van der Waals surface area contributed by atoms with Gasteiger partial charge in [-0.1, -0.05) is 54.6 Å². The van der Waals surface area contributed by atoms with Gasteiger partial charge in [0.1, 0.15) is 12.1 Å². The van der Waals surface area contributed by atoms with Gasteiger partial charge in [0.2, 0.25) is 0 Å². The minimum Gasteiger partial charge on any atom is -0.379 e. The fourth-order valence-corrected chi connectivity index (χ4v) is 4.13. The molecule has 3 fully saturated rings. The first-order valence-corrected chi connectivity index (χ1v) is 7.98. The minimum absolute atomic E-state index is 0.442. The molecule has 108 valence electrons. The average Bonchev–Trinajstić information content (AvgIpc) is 2.57. The third-order valence-electron chi connectivity index (χ3n) is 5.38. The molecule has 0 saturated carbocycles. The van der Waals surface area contributed by atoms with Gasteiger partial charge in [-0.15, -0.1) is 0 Å². The Morgan fingerprint density at radius 2 is 1.48 bits per heavy atom. The number of hydrogen-bond acceptors (Lipinski definition) is 1. The summed E-state index contributed by atoms with van der Waals surface area (Å²) in [7, 11) is 0. The SMILES string of the molecule is O[C@]1(c2ccc(-c3ccccc3)cc2)C[NH+]2CCC1CC2. The van der Waals surface area contributed by atoms with E-state index in [-0.39, 0.29) is 0 Å². The molecule has 2 bridgehead atoms. The maximum absolute atomic E-state index is 11.2. The summed E-state index contributed by atoms with van der Waals surface area (Å²) < 4.78 is 0. The van der Waals surface area contributed by atoms with Crippen molar-refractivity contribution in [1.29, 1.82) is 0 Å². The normalized spacial score (nSPS) is 31.3. The number of benzene rings is 2. The molecule has 2 N–H and O–H groups in total. The predicted molar refractivity (Wildman–Crippen MR) is 84.1 cm³/mol. The Balaban J connectivity index is 1.65. The summed E-state index contributed by atoms with van der Waals surface area (Å²) in [4.78, 5) is 1.56. The van der Waals surface area contributed by atoms with Crippen molar-refractivity contribution in [3.63, 3.8) is 0 Å². The van der Waals surface area contributed by atoms with E-state index in [0.29, 0.717) is 5.92 Å². The summed E-state index contributed by atoms with van der Waals surface area (Å²) in [5.41, 5.74) is 2.94. The first-order chi connectivity index (χ1) is 10.3. The fraction of sp³-hybridized carbons (Fsp3) is 0.368. The Hall–Kier alpha value is -1.64. The van der Waals surface area contributed by atoms with E-state index in [9.17, 15) is 5.11 Å².